The van der Waals surface area contributed by atoms with E-state index in [1.54, 1.807) is 12.4 Å². The molecule has 1 aromatic rings. The van der Waals surface area contributed by atoms with E-state index in [0.29, 0.717) is 12.6 Å². The standard InChI is InChI=1S/C13H22N4O/c1-11-9-16(12-14-5-4-6-15-12)7-8-17(11)10-13(2,3)18/h4-6,11,18H,7-10H2,1-3H3. The maximum absolute atomic E-state index is 9.89. The minimum atomic E-state index is -0.639. The van der Waals surface area contributed by atoms with Gasteiger partial charge >= 0.3 is 0 Å². The molecule has 2 heterocycles. The van der Waals surface area contributed by atoms with Crippen LogP contribution in [-0.2, 0) is 0 Å². The lowest BCUT2D eigenvalue weighted by molar-refractivity contribution is 0.0200. The van der Waals surface area contributed by atoms with Crippen LogP contribution in [0.25, 0.3) is 0 Å². The number of aromatic nitrogens is 2. The molecule has 1 atom stereocenters. The zero-order valence-electron chi connectivity index (χ0n) is 11.4. The molecule has 2 rings (SSSR count). The Hall–Kier alpha value is -1.20. The first kappa shape index (κ1) is 13.2. The summed E-state index contributed by atoms with van der Waals surface area (Å²) in [5.74, 6) is 0.798. The SMILES string of the molecule is CC1CN(c2ncccn2)CCN1CC(C)(C)O. The zero-order valence-corrected chi connectivity index (χ0v) is 11.4. The minimum Gasteiger partial charge on any atom is -0.389 e. The van der Waals surface area contributed by atoms with Crippen LogP contribution in [-0.4, -0.2) is 57.8 Å². The summed E-state index contributed by atoms with van der Waals surface area (Å²) in [6, 6.07) is 2.23. The minimum absolute atomic E-state index is 0.397. The van der Waals surface area contributed by atoms with Crippen molar-refractivity contribution in [2.75, 3.05) is 31.1 Å². The summed E-state index contributed by atoms with van der Waals surface area (Å²) >= 11 is 0. The number of nitrogens with zero attached hydrogens (tertiary/aromatic N) is 4. The van der Waals surface area contributed by atoms with E-state index in [2.05, 4.69) is 26.7 Å². The van der Waals surface area contributed by atoms with Crippen LogP contribution < -0.4 is 4.90 Å². The highest BCUT2D eigenvalue weighted by molar-refractivity contribution is 5.29. The van der Waals surface area contributed by atoms with E-state index in [9.17, 15) is 5.11 Å². The van der Waals surface area contributed by atoms with E-state index in [0.717, 1.165) is 25.6 Å². The van der Waals surface area contributed by atoms with Gasteiger partial charge in [-0.15, -0.1) is 0 Å². The Morgan fingerprint density at radius 2 is 2.00 bits per heavy atom. The lowest BCUT2D eigenvalue weighted by Crippen LogP contribution is -2.55. The number of piperazine rings is 1. The van der Waals surface area contributed by atoms with Gasteiger partial charge in [-0.2, -0.15) is 0 Å². The number of hydrogen-bond acceptors (Lipinski definition) is 5. The Labute approximate surface area is 108 Å². The normalized spacial score (nSPS) is 22.2. The van der Waals surface area contributed by atoms with Crippen molar-refractivity contribution in [2.45, 2.75) is 32.4 Å². The molecule has 0 aromatic carbocycles. The first-order chi connectivity index (χ1) is 8.46. The fraction of sp³-hybridized carbons (Fsp3) is 0.692. The molecule has 5 nitrogen and oxygen atoms in total. The van der Waals surface area contributed by atoms with E-state index in [1.165, 1.54) is 0 Å². The monoisotopic (exact) mass is 250 g/mol. The molecule has 0 bridgehead atoms. The van der Waals surface area contributed by atoms with Crippen LogP contribution in [0.1, 0.15) is 20.8 Å². The lowest BCUT2D eigenvalue weighted by atomic mass is 10.1. The summed E-state index contributed by atoms with van der Waals surface area (Å²) in [7, 11) is 0. The highest BCUT2D eigenvalue weighted by Gasteiger charge is 2.28. The molecule has 0 amide bonds. The molecule has 1 aromatic heterocycles. The Balaban J connectivity index is 1.96. The maximum atomic E-state index is 9.89. The Kier molecular flexibility index (Phi) is 3.82. The first-order valence-corrected chi connectivity index (χ1v) is 6.44. The summed E-state index contributed by atoms with van der Waals surface area (Å²) in [4.78, 5) is 13.1. The molecule has 1 aliphatic rings. The second-order valence-electron chi connectivity index (χ2n) is 5.63. The molecule has 1 fully saturated rings. The molecule has 1 unspecified atom stereocenters. The van der Waals surface area contributed by atoms with Crippen molar-refractivity contribution >= 4 is 5.95 Å². The van der Waals surface area contributed by atoms with Crippen LogP contribution >= 0.6 is 0 Å². The van der Waals surface area contributed by atoms with E-state index >= 15 is 0 Å². The molecule has 100 valence electrons. The molecule has 0 aliphatic carbocycles. The Bertz CT molecular complexity index is 376. The van der Waals surface area contributed by atoms with Crippen LogP contribution in [0, 0.1) is 0 Å². The van der Waals surface area contributed by atoms with Gasteiger partial charge in [-0.25, -0.2) is 9.97 Å². The van der Waals surface area contributed by atoms with Crippen molar-refractivity contribution < 1.29 is 5.11 Å². The van der Waals surface area contributed by atoms with Gasteiger partial charge in [-0.1, -0.05) is 0 Å². The molecule has 1 N–H and O–H groups in total. The predicted octanol–water partition coefficient (Wildman–Crippen LogP) is 0.758. The van der Waals surface area contributed by atoms with Gasteiger partial charge in [-0.3, -0.25) is 4.90 Å². The molecule has 18 heavy (non-hydrogen) atoms. The predicted molar refractivity (Wildman–Crippen MR) is 71.6 cm³/mol. The average Bonchev–Trinajstić information content (AvgIpc) is 2.31. The largest absolute Gasteiger partial charge is 0.389 e. The molecule has 0 radical (unpaired) electrons. The highest BCUT2D eigenvalue weighted by atomic mass is 16.3. The number of anilines is 1. The Morgan fingerprint density at radius 1 is 1.33 bits per heavy atom. The van der Waals surface area contributed by atoms with Crippen LogP contribution in [0.2, 0.25) is 0 Å². The molecule has 0 saturated carbocycles. The van der Waals surface area contributed by atoms with E-state index in [-0.39, 0.29) is 0 Å². The number of aliphatic hydroxyl groups is 1. The van der Waals surface area contributed by atoms with Crippen molar-refractivity contribution in [3.05, 3.63) is 18.5 Å². The summed E-state index contributed by atoms with van der Waals surface area (Å²) in [6.45, 7) is 9.34. The zero-order chi connectivity index (χ0) is 13.2. The summed E-state index contributed by atoms with van der Waals surface area (Å²) in [5.41, 5.74) is -0.639. The third-order valence-corrected chi connectivity index (χ3v) is 3.19. The number of β-amino-alcohol motifs (C(OH)–C–C–N with tert-alkyl or cyclic N) is 1. The van der Waals surface area contributed by atoms with Gasteiger partial charge in [0.25, 0.3) is 0 Å². The van der Waals surface area contributed by atoms with Crippen molar-refractivity contribution in [3.8, 4) is 0 Å². The van der Waals surface area contributed by atoms with Crippen LogP contribution in [0.5, 0.6) is 0 Å². The quantitative estimate of drug-likeness (QED) is 0.858. The number of rotatable bonds is 3. The van der Waals surface area contributed by atoms with Crippen LogP contribution in [0.4, 0.5) is 5.95 Å². The fourth-order valence-electron chi connectivity index (χ4n) is 2.36. The molecule has 0 spiro atoms. The highest BCUT2D eigenvalue weighted by Crippen LogP contribution is 2.16. The van der Waals surface area contributed by atoms with Gasteiger partial charge in [0.2, 0.25) is 5.95 Å². The Morgan fingerprint density at radius 3 is 2.56 bits per heavy atom. The van der Waals surface area contributed by atoms with Crippen molar-refractivity contribution in [1.82, 2.24) is 14.9 Å². The third kappa shape index (κ3) is 3.40. The molecular formula is C13H22N4O. The van der Waals surface area contributed by atoms with Gasteiger partial charge in [0.15, 0.2) is 0 Å². The second-order valence-corrected chi connectivity index (χ2v) is 5.63. The van der Waals surface area contributed by atoms with Gasteiger partial charge in [0, 0.05) is 44.6 Å². The summed E-state index contributed by atoms with van der Waals surface area (Å²) < 4.78 is 0. The lowest BCUT2D eigenvalue weighted by Gasteiger charge is -2.41. The third-order valence-electron chi connectivity index (χ3n) is 3.19. The summed E-state index contributed by atoms with van der Waals surface area (Å²) in [6.07, 6.45) is 3.55. The van der Waals surface area contributed by atoms with Crippen molar-refractivity contribution in [1.29, 1.82) is 0 Å². The smallest absolute Gasteiger partial charge is 0.225 e. The maximum Gasteiger partial charge on any atom is 0.225 e. The van der Waals surface area contributed by atoms with Crippen molar-refractivity contribution in [3.63, 3.8) is 0 Å². The number of hydrogen-bond donors (Lipinski definition) is 1. The van der Waals surface area contributed by atoms with Crippen LogP contribution in [0.3, 0.4) is 0 Å². The average molecular weight is 250 g/mol. The van der Waals surface area contributed by atoms with E-state index in [4.69, 9.17) is 0 Å². The molecular weight excluding hydrogens is 228 g/mol. The molecule has 1 saturated heterocycles. The summed E-state index contributed by atoms with van der Waals surface area (Å²) in [5, 5.41) is 9.89. The van der Waals surface area contributed by atoms with E-state index < -0.39 is 5.60 Å². The van der Waals surface area contributed by atoms with Crippen LogP contribution in [0.15, 0.2) is 18.5 Å². The first-order valence-electron chi connectivity index (χ1n) is 6.44. The fourth-order valence-corrected chi connectivity index (χ4v) is 2.36. The van der Waals surface area contributed by atoms with E-state index in [1.807, 2.05) is 19.9 Å². The van der Waals surface area contributed by atoms with Crippen molar-refractivity contribution in [2.24, 2.45) is 0 Å². The molecule has 1 aliphatic heterocycles. The van der Waals surface area contributed by atoms with Gasteiger partial charge < -0.3 is 10.0 Å². The van der Waals surface area contributed by atoms with Gasteiger partial charge in [0.1, 0.15) is 0 Å². The topological polar surface area (TPSA) is 52.5 Å². The second kappa shape index (κ2) is 5.20. The van der Waals surface area contributed by atoms with Gasteiger partial charge in [-0.05, 0) is 26.8 Å². The molecule has 5 heteroatoms. The van der Waals surface area contributed by atoms with Gasteiger partial charge in [0.05, 0.1) is 5.60 Å².